The highest BCUT2D eigenvalue weighted by Crippen LogP contribution is 2.12. The number of amides is 1. The van der Waals surface area contributed by atoms with E-state index in [1.54, 1.807) is 6.92 Å². The van der Waals surface area contributed by atoms with Gasteiger partial charge in [0.25, 0.3) is 5.91 Å². The highest BCUT2D eigenvalue weighted by Gasteiger charge is 2.23. The van der Waals surface area contributed by atoms with Crippen LogP contribution in [0.5, 0.6) is 0 Å². The first-order valence-corrected chi connectivity index (χ1v) is 9.77. The number of carbonyl (C=O) groups is 1. The molecule has 0 radical (unpaired) electrons. The number of likely N-dealkylation sites (N-methyl/N-ethyl adjacent to an activating group) is 1. The van der Waals surface area contributed by atoms with E-state index in [0.717, 1.165) is 12.8 Å². The van der Waals surface area contributed by atoms with Gasteiger partial charge in [-0.15, -0.1) is 0 Å². The average Bonchev–Trinajstić information content (AvgIpc) is 2.48. The maximum absolute atomic E-state index is 11.7. The normalized spacial score (nSPS) is 12.9. The molecule has 0 aliphatic carbocycles. The monoisotopic (exact) mass is 341 g/mol. The number of rotatable bonds is 15. The van der Waals surface area contributed by atoms with Crippen molar-refractivity contribution in [1.82, 2.24) is 5.43 Å². The molecule has 4 heteroatoms. The van der Waals surface area contributed by atoms with E-state index in [4.69, 9.17) is 0 Å². The fourth-order valence-corrected chi connectivity index (χ4v) is 2.90. The Labute approximate surface area is 149 Å². The molecule has 0 rings (SSSR count). The van der Waals surface area contributed by atoms with Gasteiger partial charge in [0.05, 0.1) is 14.1 Å². The van der Waals surface area contributed by atoms with Gasteiger partial charge in [0.15, 0.2) is 0 Å². The summed E-state index contributed by atoms with van der Waals surface area (Å²) >= 11 is 0. The number of nitrogens with zero attached hydrogens (tertiary/aromatic N) is 1. The van der Waals surface area contributed by atoms with Crippen LogP contribution in [0.25, 0.3) is 0 Å². The maximum atomic E-state index is 11.7. The summed E-state index contributed by atoms with van der Waals surface area (Å²) in [6, 6.07) is 0. The summed E-state index contributed by atoms with van der Waals surface area (Å²) in [4.78, 5) is 11.7. The molecule has 0 fully saturated rings. The Bertz CT molecular complexity index is 354. The number of quaternary nitrogens is 1. The van der Waals surface area contributed by atoms with Crippen molar-refractivity contribution in [3.63, 3.8) is 0 Å². The predicted octanol–water partition coefficient (Wildman–Crippen LogP) is 4.34. The van der Waals surface area contributed by atoms with Crippen LogP contribution < -0.4 is 5.43 Å². The smallest absolute Gasteiger partial charge is 0.290 e. The molecule has 2 N–H and O–H groups in total. The Balaban J connectivity index is 3.63. The van der Waals surface area contributed by atoms with Gasteiger partial charge < -0.3 is 5.11 Å². The van der Waals surface area contributed by atoms with Gasteiger partial charge in [0, 0.05) is 5.57 Å². The molecule has 4 nitrogen and oxygen atoms in total. The van der Waals surface area contributed by atoms with Crippen LogP contribution in [0.2, 0.25) is 0 Å². The van der Waals surface area contributed by atoms with E-state index in [9.17, 15) is 9.90 Å². The first-order valence-electron chi connectivity index (χ1n) is 9.77. The standard InChI is InChI=1S/C20H40N2O2/c1-6-7-8-9-10-11-12-13-14-15-16-19(23)17-22(4,5)21-20(24)18(2)3/h19,23H,2,6-17H2,1,3-5H3/p+1/t19-/m0/s1. The lowest BCUT2D eigenvalue weighted by molar-refractivity contribution is -0.927. The van der Waals surface area contributed by atoms with Gasteiger partial charge in [0.2, 0.25) is 0 Å². The number of unbranched alkanes of at least 4 members (excludes halogenated alkanes) is 9. The van der Waals surface area contributed by atoms with E-state index in [-0.39, 0.29) is 16.6 Å². The molecule has 0 spiro atoms. The van der Waals surface area contributed by atoms with Crippen LogP contribution >= 0.6 is 0 Å². The van der Waals surface area contributed by atoms with E-state index in [1.165, 1.54) is 57.8 Å². The second-order valence-electron chi connectivity index (χ2n) is 7.71. The van der Waals surface area contributed by atoms with Crippen molar-refractivity contribution in [3.05, 3.63) is 12.2 Å². The summed E-state index contributed by atoms with van der Waals surface area (Å²) in [5.41, 5.74) is 3.36. The highest BCUT2D eigenvalue weighted by molar-refractivity contribution is 5.91. The van der Waals surface area contributed by atoms with Gasteiger partial charge in [0.1, 0.15) is 12.6 Å². The van der Waals surface area contributed by atoms with Gasteiger partial charge in [-0.2, -0.15) is 5.43 Å². The summed E-state index contributed by atoms with van der Waals surface area (Å²) in [5.74, 6) is -0.161. The molecule has 24 heavy (non-hydrogen) atoms. The third kappa shape index (κ3) is 13.6. The van der Waals surface area contributed by atoms with Gasteiger partial charge in [-0.1, -0.05) is 77.7 Å². The summed E-state index contributed by atoms with van der Waals surface area (Å²) in [7, 11) is 3.78. The molecular formula is C20H41N2O2+. The van der Waals surface area contributed by atoms with Crippen LogP contribution in [0.4, 0.5) is 0 Å². The molecule has 0 saturated carbocycles. The van der Waals surface area contributed by atoms with Gasteiger partial charge >= 0.3 is 0 Å². The molecule has 0 aromatic heterocycles. The van der Waals surface area contributed by atoms with Crippen LogP contribution in [0, 0.1) is 0 Å². The maximum Gasteiger partial charge on any atom is 0.290 e. The summed E-state index contributed by atoms with van der Waals surface area (Å²) < 4.78 is 0.282. The number of hydrogen-bond acceptors (Lipinski definition) is 2. The summed E-state index contributed by atoms with van der Waals surface area (Å²) in [5, 5.41) is 10.2. The molecule has 0 bridgehead atoms. The lowest BCUT2D eigenvalue weighted by Crippen LogP contribution is -2.57. The van der Waals surface area contributed by atoms with Crippen molar-refractivity contribution in [1.29, 1.82) is 0 Å². The fraction of sp³-hybridized carbons (Fsp3) is 0.850. The van der Waals surface area contributed by atoms with Crippen molar-refractivity contribution >= 4 is 5.91 Å². The van der Waals surface area contributed by atoms with E-state index in [0.29, 0.717) is 12.1 Å². The Morgan fingerprint density at radius 2 is 1.46 bits per heavy atom. The topological polar surface area (TPSA) is 49.3 Å². The zero-order valence-electron chi connectivity index (χ0n) is 16.6. The molecular weight excluding hydrogens is 300 g/mol. The lowest BCUT2D eigenvalue weighted by atomic mass is 10.0. The minimum absolute atomic E-state index is 0.161. The SMILES string of the molecule is C=C(C)C(=O)N[N+](C)(C)C[C@@H](O)CCCCCCCCCCCC. The number of carbonyl (C=O) groups excluding carboxylic acids is 1. The Morgan fingerprint density at radius 1 is 1.00 bits per heavy atom. The van der Waals surface area contributed by atoms with Crippen LogP contribution in [0.3, 0.4) is 0 Å². The first kappa shape index (κ1) is 23.1. The molecule has 0 unspecified atom stereocenters. The first-order chi connectivity index (χ1) is 11.3. The van der Waals surface area contributed by atoms with Crippen LogP contribution in [0.15, 0.2) is 12.2 Å². The predicted molar refractivity (Wildman–Crippen MR) is 102 cm³/mol. The van der Waals surface area contributed by atoms with E-state index in [1.807, 2.05) is 14.1 Å². The third-order valence-corrected chi connectivity index (χ3v) is 4.35. The van der Waals surface area contributed by atoms with Gasteiger partial charge in [-0.3, -0.25) is 4.79 Å². The molecule has 0 aromatic rings. The van der Waals surface area contributed by atoms with Crippen molar-refractivity contribution in [2.45, 2.75) is 90.6 Å². The minimum atomic E-state index is -0.375. The molecule has 0 saturated heterocycles. The number of aliphatic hydroxyl groups is 1. The van der Waals surface area contributed by atoms with Crippen molar-refractivity contribution in [2.75, 3.05) is 20.6 Å². The molecule has 0 aliphatic rings. The fourth-order valence-electron chi connectivity index (χ4n) is 2.90. The Hall–Kier alpha value is -0.870. The largest absolute Gasteiger partial charge is 0.387 e. The van der Waals surface area contributed by atoms with Gasteiger partial charge in [-0.05, 0) is 13.3 Å². The highest BCUT2D eigenvalue weighted by atomic mass is 16.3. The lowest BCUT2D eigenvalue weighted by Gasteiger charge is -2.31. The van der Waals surface area contributed by atoms with Gasteiger partial charge in [-0.25, -0.2) is 4.59 Å². The van der Waals surface area contributed by atoms with Crippen LogP contribution in [0.1, 0.15) is 84.5 Å². The molecule has 0 heterocycles. The second-order valence-corrected chi connectivity index (χ2v) is 7.71. The molecule has 142 valence electrons. The average molecular weight is 342 g/mol. The van der Waals surface area contributed by atoms with Crippen molar-refractivity contribution < 1.29 is 14.5 Å². The zero-order valence-corrected chi connectivity index (χ0v) is 16.6. The Kier molecular flexibility index (Phi) is 12.9. The van der Waals surface area contributed by atoms with Crippen molar-refractivity contribution in [3.8, 4) is 0 Å². The number of nitrogens with one attached hydrogen (secondary N) is 1. The summed E-state index contributed by atoms with van der Waals surface area (Å²) in [6.45, 7) is 8.11. The zero-order chi connectivity index (χ0) is 18.4. The summed E-state index contributed by atoms with van der Waals surface area (Å²) in [6.07, 6.45) is 13.5. The van der Waals surface area contributed by atoms with Crippen LogP contribution in [-0.4, -0.2) is 42.3 Å². The third-order valence-electron chi connectivity index (χ3n) is 4.35. The molecule has 1 amide bonds. The number of aliphatic hydroxyl groups excluding tert-OH is 1. The van der Waals surface area contributed by atoms with E-state index in [2.05, 4.69) is 18.9 Å². The van der Waals surface area contributed by atoms with E-state index < -0.39 is 0 Å². The second kappa shape index (κ2) is 13.4. The molecule has 1 atom stereocenters. The molecule has 0 aromatic carbocycles. The Morgan fingerprint density at radius 3 is 1.92 bits per heavy atom. The number of hydrogen-bond donors (Lipinski definition) is 2. The van der Waals surface area contributed by atoms with E-state index >= 15 is 0 Å². The quantitative estimate of drug-likeness (QED) is 0.201. The van der Waals surface area contributed by atoms with Crippen LogP contribution in [-0.2, 0) is 4.79 Å². The minimum Gasteiger partial charge on any atom is -0.387 e. The van der Waals surface area contributed by atoms with Crippen molar-refractivity contribution in [2.24, 2.45) is 0 Å². The molecule has 0 aliphatic heterocycles.